The van der Waals surface area contributed by atoms with Gasteiger partial charge in [-0.05, 0) is 30.1 Å². The summed E-state index contributed by atoms with van der Waals surface area (Å²) in [6.07, 6.45) is 7.00. The first-order valence-corrected chi connectivity index (χ1v) is 6.33. The molecule has 0 saturated carbocycles. The topological polar surface area (TPSA) is 0 Å². The third kappa shape index (κ3) is 8.59. The summed E-state index contributed by atoms with van der Waals surface area (Å²) in [5.74, 6) is 1.72. The predicted octanol–water partition coefficient (Wildman–Crippen LogP) is 5.28. The lowest BCUT2D eigenvalue weighted by Crippen LogP contribution is -2.14. The molecule has 0 heterocycles. The second-order valence-corrected chi connectivity index (χ2v) is 6.40. The molecule has 86 valence electrons. The van der Waals surface area contributed by atoms with E-state index >= 15 is 0 Å². The Kier molecular flexibility index (Phi) is 6.48. The van der Waals surface area contributed by atoms with Gasteiger partial charge in [0.25, 0.3) is 0 Å². The molecule has 0 radical (unpaired) electrons. The van der Waals surface area contributed by atoms with Crippen LogP contribution in [0.5, 0.6) is 0 Å². The van der Waals surface area contributed by atoms with Gasteiger partial charge >= 0.3 is 0 Å². The lowest BCUT2D eigenvalue weighted by Gasteiger charge is -2.26. The molecule has 0 aromatic rings. The highest BCUT2D eigenvalue weighted by atomic mass is 14.2. The molecular formula is C14H30. The van der Waals surface area contributed by atoms with Crippen molar-refractivity contribution in [2.45, 2.75) is 73.6 Å². The van der Waals surface area contributed by atoms with Crippen molar-refractivity contribution in [1.82, 2.24) is 0 Å². The summed E-state index contributed by atoms with van der Waals surface area (Å²) in [6, 6.07) is 0. The first-order valence-electron chi connectivity index (χ1n) is 6.33. The number of hydrogen-bond donors (Lipinski definition) is 0. The van der Waals surface area contributed by atoms with Gasteiger partial charge in [0.15, 0.2) is 0 Å². The minimum atomic E-state index is 0.561. The summed E-state index contributed by atoms with van der Waals surface area (Å²) < 4.78 is 0. The highest BCUT2D eigenvalue weighted by molar-refractivity contribution is 4.70. The summed E-state index contributed by atoms with van der Waals surface area (Å²) in [6.45, 7) is 14.1. The van der Waals surface area contributed by atoms with Crippen molar-refractivity contribution in [3.05, 3.63) is 0 Å². The zero-order valence-electron chi connectivity index (χ0n) is 11.2. The van der Waals surface area contributed by atoms with Gasteiger partial charge < -0.3 is 0 Å². The van der Waals surface area contributed by atoms with Crippen molar-refractivity contribution < 1.29 is 0 Å². The molecule has 0 heteroatoms. The Labute approximate surface area is 91.5 Å². The lowest BCUT2D eigenvalue weighted by molar-refractivity contribution is 0.254. The molecule has 0 fully saturated rings. The summed E-state index contributed by atoms with van der Waals surface area (Å²) in [5, 5.41) is 0. The fraction of sp³-hybridized carbons (Fsp3) is 1.00. The summed E-state index contributed by atoms with van der Waals surface area (Å²) in [4.78, 5) is 0. The van der Waals surface area contributed by atoms with Crippen LogP contribution < -0.4 is 0 Å². The van der Waals surface area contributed by atoms with Crippen LogP contribution in [0.4, 0.5) is 0 Å². The Hall–Kier alpha value is 0. The highest BCUT2D eigenvalue weighted by Crippen LogP contribution is 2.31. The maximum Gasteiger partial charge on any atom is -0.0352 e. The van der Waals surface area contributed by atoms with E-state index < -0.39 is 0 Å². The van der Waals surface area contributed by atoms with E-state index in [1.165, 1.54) is 32.1 Å². The Bertz CT molecular complexity index is 131. The first-order chi connectivity index (χ1) is 6.33. The lowest BCUT2D eigenvalue weighted by atomic mass is 9.79. The maximum atomic E-state index is 2.42. The fourth-order valence-corrected chi connectivity index (χ4v) is 2.36. The van der Waals surface area contributed by atoms with Crippen LogP contribution in [0.25, 0.3) is 0 Å². The van der Waals surface area contributed by atoms with E-state index in [0.717, 1.165) is 11.8 Å². The second kappa shape index (κ2) is 6.48. The number of rotatable bonds is 7. The minimum absolute atomic E-state index is 0.561. The van der Waals surface area contributed by atoms with E-state index in [2.05, 4.69) is 41.5 Å². The average molecular weight is 198 g/mol. The van der Waals surface area contributed by atoms with Crippen LogP contribution in [0.2, 0.25) is 0 Å². The molecular weight excluding hydrogens is 168 g/mol. The molecule has 14 heavy (non-hydrogen) atoms. The molecule has 0 aliphatic heterocycles. The van der Waals surface area contributed by atoms with Crippen LogP contribution in [0.15, 0.2) is 0 Å². The van der Waals surface area contributed by atoms with Crippen molar-refractivity contribution in [2.75, 3.05) is 0 Å². The van der Waals surface area contributed by atoms with Crippen LogP contribution in [0.1, 0.15) is 73.6 Å². The van der Waals surface area contributed by atoms with E-state index in [0.29, 0.717) is 5.41 Å². The highest BCUT2D eigenvalue weighted by Gasteiger charge is 2.18. The molecule has 0 bridgehead atoms. The number of hydrogen-bond acceptors (Lipinski definition) is 0. The van der Waals surface area contributed by atoms with Crippen molar-refractivity contribution in [1.29, 1.82) is 0 Å². The first kappa shape index (κ1) is 14.0. The predicted molar refractivity (Wildman–Crippen MR) is 66.5 cm³/mol. The van der Waals surface area contributed by atoms with Crippen LogP contribution in [-0.2, 0) is 0 Å². The molecule has 0 atom stereocenters. The van der Waals surface area contributed by atoms with Gasteiger partial charge in [-0.25, -0.2) is 0 Å². The van der Waals surface area contributed by atoms with Gasteiger partial charge in [-0.15, -0.1) is 0 Å². The normalized spacial score (nSPS) is 12.9. The van der Waals surface area contributed by atoms with Gasteiger partial charge in [0.2, 0.25) is 0 Å². The summed E-state index contributed by atoms with van der Waals surface area (Å²) >= 11 is 0. The van der Waals surface area contributed by atoms with Crippen molar-refractivity contribution in [2.24, 2.45) is 17.3 Å². The van der Waals surface area contributed by atoms with Crippen molar-refractivity contribution >= 4 is 0 Å². The van der Waals surface area contributed by atoms with Gasteiger partial charge in [0, 0.05) is 0 Å². The summed E-state index contributed by atoms with van der Waals surface area (Å²) in [5.41, 5.74) is 0.561. The largest absolute Gasteiger partial charge is 0.0628 e. The summed E-state index contributed by atoms with van der Waals surface area (Å²) in [7, 11) is 0. The minimum Gasteiger partial charge on any atom is -0.0628 e. The Morgan fingerprint density at radius 1 is 0.857 bits per heavy atom. The maximum absolute atomic E-state index is 2.42. The Morgan fingerprint density at radius 3 is 1.86 bits per heavy atom. The van der Waals surface area contributed by atoms with Gasteiger partial charge in [-0.3, -0.25) is 0 Å². The van der Waals surface area contributed by atoms with Crippen LogP contribution in [0.3, 0.4) is 0 Å². The second-order valence-electron chi connectivity index (χ2n) is 6.40. The molecule has 0 spiro atoms. The third-order valence-corrected chi connectivity index (χ3v) is 2.85. The molecule has 0 amide bonds. The average Bonchev–Trinajstić information content (AvgIpc) is 1.95. The molecule has 0 unspecified atom stereocenters. The molecule has 0 aliphatic rings. The molecule has 0 saturated heterocycles. The Balaban J connectivity index is 3.55. The van der Waals surface area contributed by atoms with Crippen LogP contribution in [-0.4, -0.2) is 0 Å². The zero-order chi connectivity index (χ0) is 11.2. The molecule has 0 aliphatic carbocycles. The van der Waals surface area contributed by atoms with E-state index in [9.17, 15) is 0 Å². The van der Waals surface area contributed by atoms with E-state index in [4.69, 9.17) is 0 Å². The molecule has 0 rings (SSSR count). The quantitative estimate of drug-likeness (QED) is 0.488. The van der Waals surface area contributed by atoms with Crippen LogP contribution >= 0.6 is 0 Å². The monoisotopic (exact) mass is 198 g/mol. The fourth-order valence-electron chi connectivity index (χ4n) is 2.36. The third-order valence-electron chi connectivity index (χ3n) is 2.85. The van der Waals surface area contributed by atoms with Gasteiger partial charge in [-0.1, -0.05) is 60.8 Å². The molecule has 0 N–H and O–H groups in total. The van der Waals surface area contributed by atoms with Crippen LogP contribution in [0, 0.1) is 17.3 Å². The Morgan fingerprint density at radius 2 is 1.43 bits per heavy atom. The van der Waals surface area contributed by atoms with E-state index in [-0.39, 0.29) is 0 Å². The molecule has 0 nitrogen and oxygen atoms in total. The van der Waals surface area contributed by atoms with Crippen molar-refractivity contribution in [3.63, 3.8) is 0 Å². The standard InChI is InChI=1S/C14H30/c1-12(2)9-7-8-10-14(5,6)11-13(3)4/h12-13H,7-11H2,1-6H3. The smallest absolute Gasteiger partial charge is 0.0352 e. The van der Waals surface area contributed by atoms with Gasteiger partial charge in [0.05, 0.1) is 0 Å². The molecule has 0 aromatic heterocycles. The van der Waals surface area contributed by atoms with Gasteiger partial charge in [0.1, 0.15) is 0 Å². The van der Waals surface area contributed by atoms with E-state index in [1.54, 1.807) is 0 Å². The van der Waals surface area contributed by atoms with E-state index in [1.807, 2.05) is 0 Å². The zero-order valence-corrected chi connectivity index (χ0v) is 11.2. The molecule has 0 aromatic carbocycles. The SMILES string of the molecule is CC(C)CCCCC(C)(C)CC(C)C. The van der Waals surface area contributed by atoms with Gasteiger partial charge in [-0.2, -0.15) is 0 Å². The van der Waals surface area contributed by atoms with Crippen molar-refractivity contribution in [3.8, 4) is 0 Å². The number of unbranched alkanes of at least 4 members (excludes halogenated alkanes) is 1.